The molecule has 16 heavy (non-hydrogen) atoms. The summed E-state index contributed by atoms with van der Waals surface area (Å²) < 4.78 is 3.32. The van der Waals surface area contributed by atoms with Crippen molar-refractivity contribution < 1.29 is 0 Å². The standard InChI is InChI=1S/C11H15BrN2O2/c1-13-10(15)9(12)7-14(11(13)16)8-5-3-2-4-6-8/h7-8H,2-6H2,1H3. The van der Waals surface area contributed by atoms with E-state index in [1.54, 1.807) is 10.8 Å². The Balaban J connectivity index is 2.48. The van der Waals surface area contributed by atoms with Crippen LogP contribution in [-0.2, 0) is 7.05 Å². The van der Waals surface area contributed by atoms with Crippen LogP contribution in [0.3, 0.4) is 0 Å². The lowest BCUT2D eigenvalue weighted by atomic mass is 9.95. The van der Waals surface area contributed by atoms with Crippen LogP contribution in [0.2, 0.25) is 0 Å². The Bertz CT molecular complexity index is 498. The third-order valence-corrected chi connectivity index (χ3v) is 3.78. The molecule has 0 radical (unpaired) electrons. The van der Waals surface area contributed by atoms with Gasteiger partial charge in [0.2, 0.25) is 0 Å². The maximum Gasteiger partial charge on any atom is 0.331 e. The summed E-state index contributed by atoms with van der Waals surface area (Å²) in [7, 11) is 1.52. The van der Waals surface area contributed by atoms with Crippen molar-refractivity contribution in [2.75, 3.05) is 0 Å². The summed E-state index contributed by atoms with van der Waals surface area (Å²) >= 11 is 3.20. The molecular weight excluding hydrogens is 272 g/mol. The molecule has 0 aliphatic heterocycles. The maximum atomic E-state index is 11.9. The van der Waals surface area contributed by atoms with Crippen molar-refractivity contribution >= 4 is 15.9 Å². The van der Waals surface area contributed by atoms with E-state index in [9.17, 15) is 9.59 Å². The van der Waals surface area contributed by atoms with Crippen LogP contribution in [0, 0.1) is 0 Å². The van der Waals surface area contributed by atoms with Crippen LogP contribution in [-0.4, -0.2) is 9.13 Å². The molecule has 1 heterocycles. The normalized spacial score (nSPS) is 17.6. The Kier molecular flexibility index (Phi) is 3.33. The van der Waals surface area contributed by atoms with Gasteiger partial charge in [-0.15, -0.1) is 0 Å². The number of hydrogen-bond donors (Lipinski definition) is 0. The molecule has 0 atom stereocenters. The molecule has 0 saturated heterocycles. The molecule has 5 heteroatoms. The Morgan fingerprint density at radius 1 is 1.25 bits per heavy atom. The Morgan fingerprint density at radius 3 is 2.50 bits per heavy atom. The zero-order valence-corrected chi connectivity index (χ0v) is 10.9. The van der Waals surface area contributed by atoms with Gasteiger partial charge in [0, 0.05) is 19.3 Å². The van der Waals surface area contributed by atoms with E-state index in [1.165, 1.54) is 18.0 Å². The second-order valence-electron chi connectivity index (χ2n) is 4.32. The molecule has 0 aromatic carbocycles. The maximum absolute atomic E-state index is 11.9. The van der Waals surface area contributed by atoms with Crippen LogP contribution in [0.25, 0.3) is 0 Å². The second kappa shape index (κ2) is 4.57. The summed E-state index contributed by atoms with van der Waals surface area (Å²) in [6.07, 6.45) is 7.28. The first-order valence-electron chi connectivity index (χ1n) is 5.59. The van der Waals surface area contributed by atoms with Crippen molar-refractivity contribution in [2.24, 2.45) is 7.05 Å². The number of aromatic nitrogens is 2. The highest BCUT2D eigenvalue weighted by Crippen LogP contribution is 2.26. The van der Waals surface area contributed by atoms with Gasteiger partial charge in [-0.2, -0.15) is 0 Å². The molecule has 2 rings (SSSR count). The summed E-state index contributed by atoms with van der Waals surface area (Å²) in [5.74, 6) is 0. The third-order valence-electron chi connectivity index (χ3n) is 3.24. The quantitative estimate of drug-likeness (QED) is 0.790. The zero-order chi connectivity index (χ0) is 11.7. The molecule has 0 bridgehead atoms. The fourth-order valence-corrected chi connectivity index (χ4v) is 2.76. The molecule has 1 fully saturated rings. The van der Waals surface area contributed by atoms with E-state index < -0.39 is 0 Å². The minimum atomic E-state index is -0.267. The molecule has 1 aliphatic rings. The SMILES string of the molecule is Cn1c(=O)c(Br)cn(C2CCCCC2)c1=O. The lowest BCUT2D eigenvalue weighted by Gasteiger charge is -2.24. The zero-order valence-electron chi connectivity index (χ0n) is 9.28. The molecule has 1 aromatic heterocycles. The second-order valence-corrected chi connectivity index (χ2v) is 5.18. The predicted molar refractivity (Wildman–Crippen MR) is 65.8 cm³/mol. The Labute approximate surface area is 102 Å². The fraction of sp³-hybridized carbons (Fsp3) is 0.636. The molecule has 1 aliphatic carbocycles. The van der Waals surface area contributed by atoms with Gasteiger partial charge in [-0.05, 0) is 28.8 Å². The fourth-order valence-electron chi connectivity index (χ4n) is 2.27. The number of nitrogens with zero attached hydrogens (tertiary/aromatic N) is 2. The van der Waals surface area contributed by atoms with E-state index in [1.807, 2.05) is 0 Å². The minimum Gasteiger partial charge on any atom is -0.296 e. The van der Waals surface area contributed by atoms with Gasteiger partial charge in [0.15, 0.2) is 0 Å². The van der Waals surface area contributed by atoms with E-state index >= 15 is 0 Å². The first kappa shape index (κ1) is 11.6. The highest BCUT2D eigenvalue weighted by molar-refractivity contribution is 9.10. The van der Waals surface area contributed by atoms with Crippen LogP contribution in [0.5, 0.6) is 0 Å². The third kappa shape index (κ3) is 2.00. The molecule has 4 nitrogen and oxygen atoms in total. The van der Waals surface area contributed by atoms with Gasteiger partial charge >= 0.3 is 5.69 Å². The average Bonchev–Trinajstić information content (AvgIpc) is 2.32. The van der Waals surface area contributed by atoms with Gasteiger partial charge in [0.1, 0.15) is 0 Å². The van der Waals surface area contributed by atoms with E-state index in [-0.39, 0.29) is 17.3 Å². The van der Waals surface area contributed by atoms with Crippen molar-refractivity contribution in [1.82, 2.24) is 9.13 Å². The Hall–Kier alpha value is -0.840. The smallest absolute Gasteiger partial charge is 0.296 e. The van der Waals surface area contributed by atoms with Crippen molar-refractivity contribution in [1.29, 1.82) is 0 Å². The molecular formula is C11H15BrN2O2. The number of rotatable bonds is 1. The van der Waals surface area contributed by atoms with Crippen LogP contribution < -0.4 is 11.2 Å². The lowest BCUT2D eigenvalue weighted by Crippen LogP contribution is -2.39. The highest BCUT2D eigenvalue weighted by atomic mass is 79.9. The molecule has 1 aromatic rings. The van der Waals surface area contributed by atoms with Crippen LogP contribution >= 0.6 is 15.9 Å². The van der Waals surface area contributed by atoms with Crippen molar-refractivity contribution in [2.45, 2.75) is 38.1 Å². The Morgan fingerprint density at radius 2 is 1.88 bits per heavy atom. The highest BCUT2D eigenvalue weighted by Gasteiger charge is 2.18. The molecule has 0 spiro atoms. The average molecular weight is 287 g/mol. The van der Waals surface area contributed by atoms with Gasteiger partial charge in [-0.1, -0.05) is 19.3 Å². The van der Waals surface area contributed by atoms with Crippen LogP contribution in [0.1, 0.15) is 38.1 Å². The number of hydrogen-bond acceptors (Lipinski definition) is 2. The summed E-state index contributed by atoms with van der Waals surface area (Å²) in [6.45, 7) is 0. The van der Waals surface area contributed by atoms with Gasteiger partial charge in [0.05, 0.1) is 4.47 Å². The van der Waals surface area contributed by atoms with Gasteiger partial charge in [0.25, 0.3) is 5.56 Å². The van der Waals surface area contributed by atoms with E-state index in [4.69, 9.17) is 0 Å². The van der Waals surface area contributed by atoms with Crippen molar-refractivity contribution in [3.05, 3.63) is 31.5 Å². The molecule has 1 saturated carbocycles. The van der Waals surface area contributed by atoms with Gasteiger partial charge < -0.3 is 0 Å². The lowest BCUT2D eigenvalue weighted by molar-refractivity contribution is 0.336. The summed E-state index contributed by atoms with van der Waals surface area (Å²) in [6, 6.07) is 0.254. The first-order chi connectivity index (χ1) is 7.61. The monoisotopic (exact) mass is 286 g/mol. The number of halogens is 1. The van der Waals surface area contributed by atoms with E-state index in [0.717, 1.165) is 25.7 Å². The van der Waals surface area contributed by atoms with Crippen molar-refractivity contribution in [3.63, 3.8) is 0 Å². The molecule has 0 unspecified atom stereocenters. The van der Waals surface area contributed by atoms with E-state index in [0.29, 0.717) is 4.47 Å². The summed E-state index contributed by atoms with van der Waals surface area (Å²) in [4.78, 5) is 23.5. The molecule has 88 valence electrons. The predicted octanol–water partition coefficient (Wildman–Crippen LogP) is 1.81. The minimum absolute atomic E-state index is 0.208. The summed E-state index contributed by atoms with van der Waals surface area (Å²) in [5, 5.41) is 0. The summed E-state index contributed by atoms with van der Waals surface area (Å²) in [5.41, 5.74) is -0.475. The molecule has 0 N–H and O–H groups in total. The first-order valence-corrected chi connectivity index (χ1v) is 6.38. The van der Waals surface area contributed by atoms with Gasteiger partial charge in [-0.25, -0.2) is 4.79 Å². The largest absolute Gasteiger partial charge is 0.331 e. The van der Waals surface area contributed by atoms with E-state index in [2.05, 4.69) is 15.9 Å². The van der Waals surface area contributed by atoms with Crippen LogP contribution in [0.4, 0.5) is 0 Å². The van der Waals surface area contributed by atoms with Crippen LogP contribution in [0.15, 0.2) is 20.3 Å². The van der Waals surface area contributed by atoms with Gasteiger partial charge in [-0.3, -0.25) is 13.9 Å². The van der Waals surface area contributed by atoms with Crippen molar-refractivity contribution in [3.8, 4) is 0 Å². The topological polar surface area (TPSA) is 44.0 Å². The molecule has 0 amide bonds.